The number of hydrogen-bond acceptors (Lipinski definition) is 5. The van der Waals surface area contributed by atoms with Crippen molar-refractivity contribution in [1.29, 1.82) is 0 Å². The average Bonchev–Trinajstić information content (AvgIpc) is 3.12. The van der Waals surface area contributed by atoms with Crippen LogP contribution >= 0.6 is 22.9 Å². The predicted octanol–water partition coefficient (Wildman–Crippen LogP) is 3.57. The van der Waals surface area contributed by atoms with Crippen molar-refractivity contribution >= 4 is 38.8 Å². The maximum Gasteiger partial charge on any atom is 0.202 e. The van der Waals surface area contributed by atoms with Gasteiger partial charge in [0, 0.05) is 11.9 Å². The molecule has 118 valence electrons. The Hall–Kier alpha value is -1.99. The fourth-order valence-corrected chi connectivity index (χ4v) is 4.29. The molecular formula is C15H15ClN6S. The third-order valence-corrected chi connectivity index (χ3v) is 5.55. The minimum Gasteiger partial charge on any atom is -0.263 e. The molecule has 4 heterocycles. The molecule has 23 heavy (non-hydrogen) atoms. The summed E-state index contributed by atoms with van der Waals surface area (Å²) in [5, 5.41) is 10.6. The molecule has 6 nitrogen and oxygen atoms in total. The second-order valence-electron chi connectivity index (χ2n) is 5.49. The van der Waals surface area contributed by atoms with E-state index in [1.54, 1.807) is 26.9 Å². The van der Waals surface area contributed by atoms with Crippen molar-refractivity contribution in [2.45, 2.75) is 27.2 Å². The van der Waals surface area contributed by atoms with Crippen LogP contribution in [-0.2, 0) is 13.5 Å². The lowest BCUT2D eigenvalue weighted by molar-refractivity contribution is 0.758. The van der Waals surface area contributed by atoms with Gasteiger partial charge in [0.1, 0.15) is 16.9 Å². The van der Waals surface area contributed by atoms with Gasteiger partial charge in [0.2, 0.25) is 5.82 Å². The Balaban J connectivity index is 2.06. The summed E-state index contributed by atoms with van der Waals surface area (Å²) in [4.78, 5) is 11.5. The van der Waals surface area contributed by atoms with Gasteiger partial charge in [0.15, 0.2) is 5.65 Å². The number of aryl methyl sites for hydroxylation is 4. The maximum atomic E-state index is 6.37. The minimum atomic E-state index is 0.568. The van der Waals surface area contributed by atoms with Gasteiger partial charge >= 0.3 is 0 Å². The maximum absolute atomic E-state index is 6.37. The first-order valence-electron chi connectivity index (χ1n) is 7.34. The van der Waals surface area contributed by atoms with Crippen LogP contribution in [0.15, 0.2) is 6.33 Å². The largest absolute Gasteiger partial charge is 0.263 e. The lowest BCUT2D eigenvalue weighted by Crippen LogP contribution is -1.95. The summed E-state index contributed by atoms with van der Waals surface area (Å²) in [6.45, 7) is 6.15. The molecule has 0 spiro atoms. The van der Waals surface area contributed by atoms with Gasteiger partial charge in [-0.2, -0.15) is 5.10 Å². The Labute approximate surface area is 141 Å². The minimum absolute atomic E-state index is 0.568. The van der Waals surface area contributed by atoms with E-state index in [2.05, 4.69) is 29.0 Å². The number of nitrogens with zero attached hydrogens (tertiary/aromatic N) is 6. The second kappa shape index (κ2) is 5.01. The highest BCUT2D eigenvalue weighted by Gasteiger charge is 2.20. The molecule has 0 saturated carbocycles. The van der Waals surface area contributed by atoms with Crippen LogP contribution in [0.25, 0.3) is 27.4 Å². The summed E-state index contributed by atoms with van der Waals surface area (Å²) in [6.07, 6.45) is 2.65. The number of fused-ring (bicyclic) bond motifs is 3. The Bertz CT molecular complexity index is 1060. The molecule has 0 aromatic carbocycles. The van der Waals surface area contributed by atoms with Crippen LogP contribution < -0.4 is 0 Å². The topological polar surface area (TPSA) is 60.9 Å². The molecule has 4 rings (SSSR count). The normalized spacial score (nSPS) is 11.9. The quantitative estimate of drug-likeness (QED) is 0.556. The van der Waals surface area contributed by atoms with Crippen molar-refractivity contribution in [1.82, 2.24) is 29.4 Å². The molecule has 0 aliphatic rings. The number of hydrogen-bond donors (Lipinski definition) is 0. The van der Waals surface area contributed by atoms with E-state index < -0.39 is 0 Å². The lowest BCUT2D eigenvalue weighted by atomic mass is 10.1. The Morgan fingerprint density at radius 3 is 2.70 bits per heavy atom. The molecule has 4 aromatic rings. The van der Waals surface area contributed by atoms with Gasteiger partial charge in [0.25, 0.3) is 0 Å². The van der Waals surface area contributed by atoms with E-state index in [1.807, 2.05) is 14.0 Å². The van der Waals surface area contributed by atoms with E-state index in [0.717, 1.165) is 33.7 Å². The molecule has 0 bridgehead atoms. The molecule has 0 atom stereocenters. The third kappa shape index (κ3) is 2.00. The summed E-state index contributed by atoms with van der Waals surface area (Å²) in [6, 6.07) is 0. The van der Waals surface area contributed by atoms with E-state index in [-0.39, 0.29) is 0 Å². The van der Waals surface area contributed by atoms with Crippen LogP contribution in [0.4, 0.5) is 0 Å². The molecule has 8 heteroatoms. The van der Waals surface area contributed by atoms with Gasteiger partial charge in [-0.25, -0.2) is 14.5 Å². The molecule has 0 unspecified atom stereocenters. The number of halogens is 1. The summed E-state index contributed by atoms with van der Waals surface area (Å²) in [5.74, 6) is 0.568. The molecule has 0 radical (unpaired) electrons. The first-order chi connectivity index (χ1) is 11.0. The third-order valence-electron chi connectivity index (χ3n) is 4.04. The number of thiophene rings is 1. The monoisotopic (exact) mass is 346 g/mol. The van der Waals surface area contributed by atoms with Crippen molar-refractivity contribution in [3.8, 4) is 11.5 Å². The van der Waals surface area contributed by atoms with Gasteiger partial charge in [-0.15, -0.1) is 16.4 Å². The van der Waals surface area contributed by atoms with Gasteiger partial charge in [-0.3, -0.25) is 4.68 Å². The van der Waals surface area contributed by atoms with Gasteiger partial charge in [-0.05, 0) is 25.8 Å². The number of aromatic nitrogens is 6. The van der Waals surface area contributed by atoms with Crippen LogP contribution in [0.3, 0.4) is 0 Å². The van der Waals surface area contributed by atoms with Crippen molar-refractivity contribution in [3.05, 3.63) is 27.5 Å². The van der Waals surface area contributed by atoms with E-state index >= 15 is 0 Å². The molecule has 0 fully saturated rings. The fourth-order valence-electron chi connectivity index (χ4n) is 2.97. The second-order valence-corrected chi connectivity index (χ2v) is 7.07. The Morgan fingerprint density at radius 1 is 1.26 bits per heavy atom. The molecule has 0 aliphatic heterocycles. The van der Waals surface area contributed by atoms with Crippen LogP contribution in [0.1, 0.15) is 23.1 Å². The molecule has 0 amide bonds. The van der Waals surface area contributed by atoms with Crippen molar-refractivity contribution < 1.29 is 0 Å². The lowest BCUT2D eigenvalue weighted by Gasteiger charge is -1.96. The Kier molecular flexibility index (Phi) is 3.18. The van der Waals surface area contributed by atoms with Gasteiger partial charge < -0.3 is 0 Å². The fraction of sp³-hybridized carbons (Fsp3) is 0.333. The summed E-state index contributed by atoms with van der Waals surface area (Å²) >= 11 is 8.07. The molecule has 4 aromatic heterocycles. The van der Waals surface area contributed by atoms with Crippen LogP contribution in [0.2, 0.25) is 5.02 Å². The van der Waals surface area contributed by atoms with Crippen LogP contribution in [-0.4, -0.2) is 29.4 Å². The molecule has 0 saturated heterocycles. The standard InChI is InChI=1S/C15H15ClN6S/c1-5-9-8(3)23-15-10(9)14-18-13(20-22(14)6-17-15)12-11(16)7(2)19-21(12)4/h6H,5H2,1-4H3. The highest BCUT2D eigenvalue weighted by Crippen LogP contribution is 2.34. The first-order valence-corrected chi connectivity index (χ1v) is 8.53. The zero-order valence-corrected chi connectivity index (χ0v) is 14.8. The van der Waals surface area contributed by atoms with Crippen molar-refractivity contribution in [3.63, 3.8) is 0 Å². The first kappa shape index (κ1) is 14.6. The van der Waals surface area contributed by atoms with Crippen LogP contribution in [0.5, 0.6) is 0 Å². The molecule has 0 aliphatic carbocycles. The number of rotatable bonds is 2. The van der Waals surface area contributed by atoms with Gasteiger partial charge in [-0.1, -0.05) is 18.5 Å². The van der Waals surface area contributed by atoms with Crippen LogP contribution in [0, 0.1) is 13.8 Å². The highest BCUT2D eigenvalue weighted by atomic mass is 35.5. The van der Waals surface area contributed by atoms with E-state index in [0.29, 0.717) is 10.8 Å². The summed E-state index contributed by atoms with van der Waals surface area (Å²) in [5.41, 5.74) is 3.60. The van der Waals surface area contributed by atoms with E-state index in [9.17, 15) is 0 Å². The van der Waals surface area contributed by atoms with Crippen molar-refractivity contribution in [2.24, 2.45) is 7.05 Å². The predicted molar refractivity (Wildman–Crippen MR) is 92.2 cm³/mol. The zero-order valence-electron chi connectivity index (χ0n) is 13.3. The summed E-state index contributed by atoms with van der Waals surface area (Å²) < 4.78 is 3.44. The highest BCUT2D eigenvalue weighted by molar-refractivity contribution is 7.18. The molecule has 0 N–H and O–H groups in total. The van der Waals surface area contributed by atoms with Gasteiger partial charge in [0.05, 0.1) is 16.1 Å². The smallest absolute Gasteiger partial charge is 0.202 e. The van der Waals surface area contributed by atoms with Crippen molar-refractivity contribution in [2.75, 3.05) is 0 Å². The van der Waals surface area contributed by atoms with E-state index in [1.165, 1.54) is 10.4 Å². The molecular weight excluding hydrogens is 332 g/mol. The zero-order chi connectivity index (χ0) is 16.3. The Morgan fingerprint density at radius 2 is 2.04 bits per heavy atom. The van der Waals surface area contributed by atoms with E-state index in [4.69, 9.17) is 16.6 Å². The SMILES string of the molecule is CCc1c(C)sc2ncn3nc(-c4c(Cl)c(C)nn4C)nc3c12. The summed E-state index contributed by atoms with van der Waals surface area (Å²) in [7, 11) is 1.85. The average molecular weight is 347 g/mol.